The summed E-state index contributed by atoms with van der Waals surface area (Å²) in [6.45, 7) is 16.1. The second-order valence-electron chi connectivity index (χ2n) is 20.1. The van der Waals surface area contributed by atoms with Gasteiger partial charge in [0, 0.05) is 114 Å². The molecule has 4 aliphatic rings. The molecule has 3 unspecified atom stereocenters. The molecule has 2 bridgehead atoms. The number of carbonyl (C=O) groups excluding carboxylic acids is 2. The van der Waals surface area contributed by atoms with Crippen LogP contribution in [0.4, 0.5) is 17.2 Å². The zero-order chi connectivity index (χ0) is 50.6. The van der Waals surface area contributed by atoms with Crippen LogP contribution < -0.4 is 30.3 Å². The van der Waals surface area contributed by atoms with Crippen LogP contribution in [0.2, 0.25) is 0 Å². The Kier molecular flexibility index (Phi) is 15.2. The lowest BCUT2D eigenvalue weighted by Crippen LogP contribution is -2.54. The zero-order valence-electron chi connectivity index (χ0n) is 42.1. The van der Waals surface area contributed by atoms with Gasteiger partial charge in [-0.25, -0.2) is 9.97 Å². The van der Waals surface area contributed by atoms with Gasteiger partial charge in [0.05, 0.1) is 33.6 Å². The summed E-state index contributed by atoms with van der Waals surface area (Å²) in [6, 6.07) is 24.0. The van der Waals surface area contributed by atoms with E-state index in [0.717, 1.165) is 109 Å². The first-order valence-corrected chi connectivity index (χ1v) is 26.4. The van der Waals surface area contributed by atoms with Crippen LogP contribution in [0.25, 0.3) is 21.7 Å². The molecular weight excluding hydrogens is 945 g/mol. The first-order chi connectivity index (χ1) is 35.4. The Hall–Kier alpha value is -6.67. The van der Waals surface area contributed by atoms with Gasteiger partial charge in [0.1, 0.15) is 25.2 Å². The molecule has 19 heteroatoms. The SMILES string of the molecule is Cc1ccccc1-c1cc(N2CC3CCC(C2)N3c2ccnc(OCCN3CCN(CCOc4cc(C(C(=O)N5C[C@@H](O)C[C@@H]5C(=O)NCc5ccc(-c6scnc6C)cc5)C(C)C)on4)CC3)c2)c(N)nn1. The number of carbonyl (C=O) groups is 2. The number of likely N-dealkylation sites (tertiary alicyclic amines) is 1. The molecule has 4 saturated heterocycles. The summed E-state index contributed by atoms with van der Waals surface area (Å²) in [7, 11) is 0. The zero-order valence-corrected chi connectivity index (χ0v) is 42.9. The number of hydrogen-bond acceptors (Lipinski definition) is 17. The number of hydrogen-bond donors (Lipinski definition) is 3. The van der Waals surface area contributed by atoms with Gasteiger partial charge in [-0.3, -0.25) is 19.4 Å². The summed E-state index contributed by atoms with van der Waals surface area (Å²) in [5.41, 5.74) is 16.4. The summed E-state index contributed by atoms with van der Waals surface area (Å²) >= 11 is 1.59. The molecule has 6 aromatic rings. The quantitative estimate of drug-likeness (QED) is 0.0931. The Morgan fingerprint density at radius 3 is 2.27 bits per heavy atom. The average molecular weight is 1010 g/mol. The fourth-order valence-corrected chi connectivity index (χ4v) is 11.8. The number of nitrogens with two attached hydrogens (primary N) is 1. The number of fused-ring (bicyclic) bond motifs is 2. The Morgan fingerprint density at radius 1 is 0.877 bits per heavy atom. The number of benzene rings is 2. The van der Waals surface area contributed by atoms with Gasteiger partial charge >= 0.3 is 0 Å². The molecule has 18 nitrogen and oxygen atoms in total. The number of nitrogen functional groups attached to an aromatic ring is 1. The number of ether oxygens (including phenoxy) is 2. The molecule has 10 rings (SSSR count). The van der Waals surface area contributed by atoms with E-state index < -0.39 is 18.1 Å². The van der Waals surface area contributed by atoms with E-state index in [0.29, 0.717) is 61.7 Å². The first kappa shape index (κ1) is 49.9. The predicted octanol–water partition coefficient (Wildman–Crippen LogP) is 5.80. The van der Waals surface area contributed by atoms with Crippen molar-refractivity contribution >= 4 is 40.3 Å². The van der Waals surface area contributed by atoms with E-state index in [1.807, 2.05) is 68.9 Å². The lowest BCUT2D eigenvalue weighted by molar-refractivity contribution is -0.141. The van der Waals surface area contributed by atoms with E-state index >= 15 is 0 Å². The molecule has 0 aliphatic carbocycles. The number of nitrogens with one attached hydrogen (secondary N) is 1. The number of nitrogens with zero attached hydrogens (tertiary/aromatic N) is 10. The lowest BCUT2D eigenvalue weighted by atomic mass is 9.91. The maximum atomic E-state index is 14.2. The van der Waals surface area contributed by atoms with Crippen molar-refractivity contribution in [1.29, 1.82) is 0 Å². The number of rotatable bonds is 18. The second kappa shape index (κ2) is 22.2. The van der Waals surface area contributed by atoms with E-state index in [4.69, 9.17) is 19.7 Å². The van der Waals surface area contributed by atoms with Crippen LogP contribution in [0.5, 0.6) is 11.8 Å². The molecule has 384 valence electrons. The number of pyridine rings is 1. The van der Waals surface area contributed by atoms with Crippen LogP contribution in [0, 0.1) is 19.8 Å². The fourth-order valence-electron chi connectivity index (χ4n) is 11.0. The molecule has 5 atom stereocenters. The maximum absolute atomic E-state index is 14.2. The van der Waals surface area contributed by atoms with Gasteiger partial charge in [0.15, 0.2) is 11.6 Å². The first-order valence-electron chi connectivity index (χ1n) is 25.6. The van der Waals surface area contributed by atoms with Crippen molar-refractivity contribution in [3.63, 3.8) is 0 Å². The normalized spacial score (nSPS) is 20.7. The number of β-amino-alcohol motifs (C(OH)–C–C–N with tert-alkyl or cyclic N) is 1. The Balaban J connectivity index is 0.650. The van der Waals surface area contributed by atoms with Gasteiger partial charge in [0.2, 0.25) is 17.7 Å². The standard InChI is InChI=1S/C54H66N12O6S/c1-34(2)50(54(69)65-32-42(67)26-46(65)53(68)57-29-37-9-11-38(12-10-37)51-36(4)58-33-73-51)47-28-49(61-72-47)71-24-22-63-19-17-62(18-20-63)21-23-70-48-25-39(15-16-56-48)66-40-13-14-41(66)31-64(30-40)45-27-44(59-60-52(45)55)43-8-6-5-7-35(43)3/h5-12,15-16,25,27-28,33-34,40-42,46,50,67H,13-14,17-24,26,29-32H2,1-4H3,(H2,55,60)(H,57,68)/t40?,41?,42-,46+,50?/m0/s1. The minimum atomic E-state index is -0.813. The highest BCUT2D eigenvalue weighted by molar-refractivity contribution is 7.13. The van der Waals surface area contributed by atoms with Crippen molar-refractivity contribution in [3.8, 4) is 33.5 Å². The predicted molar refractivity (Wildman–Crippen MR) is 281 cm³/mol. The van der Waals surface area contributed by atoms with Crippen molar-refractivity contribution in [1.82, 2.24) is 45.3 Å². The van der Waals surface area contributed by atoms with E-state index in [9.17, 15) is 14.7 Å². The molecule has 2 aromatic carbocycles. The molecule has 0 radical (unpaired) electrons. The molecule has 0 saturated carbocycles. The highest BCUT2D eigenvalue weighted by atomic mass is 32.1. The van der Waals surface area contributed by atoms with Crippen LogP contribution in [0.15, 0.2) is 89.0 Å². The van der Waals surface area contributed by atoms with Gasteiger partial charge in [0.25, 0.3) is 5.88 Å². The number of aromatic nitrogens is 5. The third kappa shape index (κ3) is 11.3. The summed E-state index contributed by atoms with van der Waals surface area (Å²) in [5, 5.41) is 26.6. The van der Waals surface area contributed by atoms with E-state index in [-0.39, 0.29) is 30.7 Å². The third-order valence-electron chi connectivity index (χ3n) is 14.9. The van der Waals surface area contributed by atoms with Crippen LogP contribution >= 0.6 is 11.3 Å². The summed E-state index contributed by atoms with van der Waals surface area (Å²) in [4.78, 5) is 48.9. The minimum Gasteiger partial charge on any atom is -0.476 e. The minimum absolute atomic E-state index is 0.0619. The molecule has 4 aliphatic heterocycles. The van der Waals surface area contributed by atoms with Crippen molar-refractivity contribution < 1.29 is 28.7 Å². The molecule has 4 fully saturated rings. The number of thiazole rings is 1. The van der Waals surface area contributed by atoms with Crippen LogP contribution in [-0.4, -0.2) is 153 Å². The molecule has 8 heterocycles. The molecule has 73 heavy (non-hydrogen) atoms. The average Bonchev–Trinajstić information content (AvgIpc) is 4.20. The summed E-state index contributed by atoms with van der Waals surface area (Å²) in [5.74, 6) is 0.304. The number of aryl methyl sites for hydroxylation is 2. The van der Waals surface area contributed by atoms with Gasteiger partial charge in [-0.2, -0.15) is 0 Å². The molecular formula is C54H66N12O6S. The largest absolute Gasteiger partial charge is 0.476 e. The van der Waals surface area contributed by atoms with Crippen LogP contribution in [0.1, 0.15) is 61.6 Å². The van der Waals surface area contributed by atoms with Gasteiger partial charge < -0.3 is 44.9 Å². The van der Waals surface area contributed by atoms with Gasteiger partial charge in [-0.1, -0.05) is 62.4 Å². The fraction of sp³-hybridized carbons (Fsp3) is 0.463. The van der Waals surface area contributed by atoms with Gasteiger partial charge in [-0.05, 0) is 66.6 Å². The lowest BCUT2D eigenvalue weighted by Gasteiger charge is -2.43. The van der Waals surface area contributed by atoms with Crippen molar-refractivity contribution in [2.45, 2.75) is 83.6 Å². The number of aliphatic hydroxyl groups excluding tert-OH is 1. The smallest absolute Gasteiger partial charge is 0.254 e. The summed E-state index contributed by atoms with van der Waals surface area (Å²) in [6.07, 6.45) is 3.41. The molecule has 4 N–H and O–H groups in total. The molecule has 2 amide bonds. The highest BCUT2D eigenvalue weighted by Crippen LogP contribution is 2.39. The van der Waals surface area contributed by atoms with Crippen molar-refractivity contribution in [3.05, 3.63) is 107 Å². The van der Waals surface area contributed by atoms with E-state index in [1.165, 1.54) is 4.90 Å². The Morgan fingerprint density at radius 2 is 1.59 bits per heavy atom. The topological polar surface area (TPSA) is 205 Å². The summed E-state index contributed by atoms with van der Waals surface area (Å²) < 4.78 is 18.0. The van der Waals surface area contributed by atoms with E-state index in [2.05, 4.69) is 87.5 Å². The van der Waals surface area contributed by atoms with Crippen LogP contribution in [-0.2, 0) is 16.1 Å². The van der Waals surface area contributed by atoms with E-state index in [1.54, 1.807) is 17.4 Å². The van der Waals surface area contributed by atoms with Crippen molar-refractivity contribution in [2.75, 3.05) is 87.7 Å². The van der Waals surface area contributed by atoms with Crippen molar-refractivity contribution in [2.24, 2.45) is 5.92 Å². The molecule has 0 spiro atoms. The number of piperazine rings is 2. The second-order valence-corrected chi connectivity index (χ2v) is 21.0. The molecule has 4 aromatic heterocycles. The van der Waals surface area contributed by atoms with Crippen LogP contribution in [0.3, 0.4) is 0 Å². The third-order valence-corrected chi connectivity index (χ3v) is 15.9. The number of anilines is 3. The Labute approximate surface area is 430 Å². The maximum Gasteiger partial charge on any atom is 0.254 e. The number of aliphatic hydroxyl groups is 1. The monoisotopic (exact) mass is 1010 g/mol. The highest BCUT2D eigenvalue weighted by Gasteiger charge is 2.44. The Bertz CT molecular complexity index is 2840. The van der Waals surface area contributed by atoms with Gasteiger partial charge in [-0.15, -0.1) is 21.5 Å². The number of amides is 2.